The van der Waals surface area contributed by atoms with E-state index in [-0.39, 0.29) is 5.92 Å². The van der Waals surface area contributed by atoms with Crippen LogP contribution in [0.3, 0.4) is 0 Å². The van der Waals surface area contributed by atoms with Gasteiger partial charge in [-0.05, 0) is 47.5 Å². The van der Waals surface area contributed by atoms with Gasteiger partial charge in [-0.25, -0.2) is 4.98 Å². The fourth-order valence-corrected chi connectivity index (χ4v) is 3.85. The van der Waals surface area contributed by atoms with Gasteiger partial charge >= 0.3 is 0 Å². The number of ether oxygens (including phenoxy) is 1. The number of rotatable bonds is 5. The first-order valence-corrected chi connectivity index (χ1v) is 10.3. The Morgan fingerprint density at radius 2 is 1.59 bits per heavy atom. The molecule has 1 aromatic carbocycles. The Morgan fingerprint density at radius 3 is 2.31 bits per heavy atom. The van der Waals surface area contributed by atoms with Crippen molar-refractivity contribution in [3.05, 3.63) is 90.8 Å². The molecule has 0 amide bonds. The summed E-state index contributed by atoms with van der Waals surface area (Å²) in [5.74, 6) is 1.75. The van der Waals surface area contributed by atoms with E-state index in [0.29, 0.717) is 18.1 Å². The molecule has 0 aliphatic carbocycles. The van der Waals surface area contributed by atoms with Crippen molar-refractivity contribution in [1.29, 1.82) is 0 Å². The molecule has 1 aliphatic rings. The third-order valence-corrected chi connectivity index (χ3v) is 5.49. The summed E-state index contributed by atoms with van der Waals surface area (Å²) in [7, 11) is 1.60. The lowest BCUT2D eigenvalue weighted by molar-refractivity contribution is 0.309. The van der Waals surface area contributed by atoms with E-state index in [4.69, 9.17) is 15.5 Å². The van der Waals surface area contributed by atoms with E-state index in [9.17, 15) is 0 Å². The average molecular weight is 422 g/mol. The first-order valence-electron chi connectivity index (χ1n) is 10.3. The van der Waals surface area contributed by atoms with Gasteiger partial charge in [-0.3, -0.25) is 15.0 Å². The fourth-order valence-electron chi connectivity index (χ4n) is 3.85. The molecule has 3 N–H and O–H groups in total. The molecule has 0 bridgehead atoms. The van der Waals surface area contributed by atoms with Crippen molar-refractivity contribution in [2.45, 2.75) is 5.92 Å². The zero-order valence-corrected chi connectivity index (χ0v) is 17.6. The number of dihydropyridines is 1. The van der Waals surface area contributed by atoms with E-state index in [1.165, 1.54) is 0 Å². The molecule has 0 spiro atoms. The van der Waals surface area contributed by atoms with Gasteiger partial charge in [0.2, 0.25) is 0 Å². The standard InChI is InChI=1S/C25H22N6O/c1-32-21-14-20(15-29-24(21)26)23-22(17-7-11-28-12-8-17)30-25(31-23)19-4-2-3-18(13-19)16-5-9-27-10-6-16/h2-14,20H,15H2,1H3,(H2,26,29)(H,30,31). The first kappa shape index (κ1) is 19.7. The maximum atomic E-state index is 5.97. The second kappa shape index (κ2) is 8.47. The van der Waals surface area contributed by atoms with E-state index < -0.39 is 0 Å². The number of hydrogen-bond donors (Lipinski definition) is 2. The van der Waals surface area contributed by atoms with Gasteiger partial charge in [0.1, 0.15) is 5.82 Å². The minimum Gasteiger partial charge on any atom is -0.493 e. The number of nitrogens with one attached hydrogen (secondary N) is 1. The van der Waals surface area contributed by atoms with Crippen LogP contribution in [0.25, 0.3) is 33.8 Å². The van der Waals surface area contributed by atoms with Gasteiger partial charge in [0.15, 0.2) is 11.6 Å². The molecule has 1 aliphatic heterocycles. The van der Waals surface area contributed by atoms with Crippen LogP contribution in [-0.2, 0) is 4.74 Å². The highest BCUT2D eigenvalue weighted by atomic mass is 16.5. The number of amidine groups is 1. The molecular weight excluding hydrogens is 400 g/mol. The molecule has 32 heavy (non-hydrogen) atoms. The molecule has 0 saturated carbocycles. The zero-order chi connectivity index (χ0) is 21.9. The van der Waals surface area contributed by atoms with E-state index in [2.05, 4.69) is 38.1 Å². The first-order chi connectivity index (χ1) is 15.7. The molecule has 1 atom stereocenters. The Kier molecular flexibility index (Phi) is 5.21. The van der Waals surface area contributed by atoms with Crippen LogP contribution in [0.1, 0.15) is 11.6 Å². The number of nitrogens with zero attached hydrogens (tertiary/aromatic N) is 4. The van der Waals surface area contributed by atoms with Crippen molar-refractivity contribution in [2.75, 3.05) is 13.7 Å². The molecule has 5 rings (SSSR count). The number of H-pyrrole nitrogens is 1. The summed E-state index contributed by atoms with van der Waals surface area (Å²) in [4.78, 5) is 21.2. The third kappa shape index (κ3) is 3.76. The summed E-state index contributed by atoms with van der Waals surface area (Å²) < 4.78 is 5.41. The Labute approximate surface area is 185 Å². The van der Waals surface area contributed by atoms with Crippen LogP contribution in [0.4, 0.5) is 0 Å². The van der Waals surface area contributed by atoms with Gasteiger partial charge in [-0.2, -0.15) is 0 Å². The van der Waals surface area contributed by atoms with Gasteiger partial charge < -0.3 is 15.5 Å². The minimum atomic E-state index is -0.0370. The zero-order valence-electron chi connectivity index (χ0n) is 17.6. The predicted octanol–water partition coefficient (Wildman–Crippen LogP) is 4.19. The van der Waals surface area contributed by atoms with Gasteiger partial charge in [0.05, 0.1) is 25.0 Å². The monoisotopic (exact) mass is 422 g/mol. The van der Waals surface area contributed by atoms with Crippen molar-refractivity contribution in [3.8, 4) is 33.8 Å². The smallest absolute Gasteiger partial charge is 0.161 e. The van der Waals surface area contributed by atoms with Crippen molar-refractivity contribution in [3.63, 3.8) is 0 Å². The van der Waals surface area contributed by atoms with E-state index in [1.807, 2.05) is 36.4 Å². The molecule has 7 nitrogen and oxygen atoms in total. The number of aliphatic imine (C=N–C) groups is 1. The van der Waals surface area contributed by atoms with Crippen molar-refractivity contribution >= 4 is 5.84 Å². The molecule has 0 radical (unpaired) electrons. The number of methoxy groups -OCH3 is 1. The highest BCUT2D eigenvalue weighted by Crippen LogP contribution is 2.34. The average Bonchev–Trinajstić information content (AvgIpc) is 3.31. The molecule has 0 fully saturated rings. The van der Waals surface area contributed by atoms with Crippen molar-refractivity contribution in [1.82, 2.24) is 19.9 Å². The van der Waals surface area contributed by atoms with Gasteiger partial charge in [-0.15, -0.1) is 0 Å². The summed E-state index contributed by atoms with van der Waals surface area (Å²) in [6.45, 7) is 0.523. The lowest BCUT2D eigenvalue weighted by atomic mass is 9.98. The van der Waals surface area contributed by atoms with Gasteiger partial charge in [0.25, 0.3) is 0 Å². The second-order valence-corrected chi connectivity index (χ2v) is 7.47. The Hall–Kier alpha value is -4.26. The third-order valence-electron chi connectivity index (χ3n) is 5.49. The molecule has 7 heteroatoms. The van der Waals surface area contributed by atoms with E-state index in [0.717, 1.165) is 39.5 Å². The number of aromatic amines is 1. The summed E-state index contributed by atoms with van der Waals surface area (Å²) in [6.07, 6.45) is 9.13. The molecule has 1 unspecified atom stereocenters. The topological polar surface area (TPSA) is 102 Å². The lowest BCUT2D eigenvalue weighted by Gasteiger charge is -2.18. The lowest BCUT2D eigenvalue weighted by Crippen LogP contribution is -2.23. The number of aromatic nitrogens is 4. The Bertz CT molecular complexity index is 1290. The van der Waals surface area contributed by atoms with Crippen LogP contribution in [0.15, 0.2) is 90.1 Å². The largest absolute Gasteiger partial charge is 0.493 e. The molecule has 0 saturated heterocycles. The quantitative estimate of drug-likeness (QED) is 0.502. The molecule has 4 heterocycles. The molecule has 4 aromatic rings. The maximum absolute atomic E-state index is 5.97. The molecule has 3 aromatic heterocycles. The minimum absolute atomic E-state index is 0.0370. The Balaban J connectivity index is 1.61. The molecule has 158 valence electrons. The van der Waals surface area contributed by atoms with Crippen LogP contribution in [0.2, 0.25) is 0 Å². The van der Waals surface area contributed by atoms with Gasteiger partial charge in [0, 0.05) is 41.8 Å². The van der Waals surface area contributed by atoms with Crippen LogP contribution >= 0.6 is 0 Å². The number of hydrogen-bond acceptors (Lipinski definition) is 6. The normalized spacial score (nSPS) is 15.7. The second-order valence-electron chi connectivity index (χ2n) is 7.47. The van der Waals surface area contributed by atoms with Crippen LogP contribution in [0.5, 0.6) is 0 Å². The van der Waals surface area contributed by atoms with Gasteiger partial charge in [-0.1, -0.05) is 18.2 Å². The number of benzene rings is 1. The predicted molar refractivity (Wildman–Crippen MR) is 125 cm³/mol. The van der Waals surface area contributed by atoms with Crippen LogP contribution in [0, 0.1) is 0 Å². The summed E-state index contributed by atoms with van der Waals surface area (Å²) in [5, 5.41) is 0. The fraction of sp³-hybridized carbons (Fsp3) is 0.120. The Morgan fingerprint density at radius 1 is 0.906 bits per heavy atom. The maximum Gasteiger partial charge on any atom is 0.161 e. The van der Waals surface area contributed by atoms with Crippen molar-refractivity contribution < 1.29 is 4.74 Å². The van der Waals surface area contributed by atoms with Crippen LogP contribution < -0.4 is 5.73 Å². The number of pyridine rings is 2. The SMILES string of the molecule is COC1=CC(c2[nH]c(-c3cccc(-c4ccncc4)c3)nc2-c2ccncc2)CN=C1N. The number of nitrogens with two attached hydrogens (primary N) is 1. The van der Waals surface area contributed by atoms with E-state index >= 15 is 0 Å². The molecular formula is C25H22N6O. The summed E-state index contributed by atoms with van der Waals surface area (Å²) >= 11 is 0. The summed E-state index contributed by atoms with van der Waals surface area (Å²) in [5.41, 5.74) is 12.0. The summed E-state index contributed by atoms with van der Waals surface area (Å²) in [6, 6.07) is 16.2. The highest BCUT2D eigenvalue weighted by Gasteiger charge is 2.24. The highest BCUT2D eigenvalue weighted by molar-refractivity contribution is 5.96. The van der Waals surface area contributed by atoms with Crippen LogP contribution in [-0.4, -0.2) is 39.4 Å². The van der Waals surface area contributed by atoms with Crippen molar-refractivity contribution in [2.24, 2.45) is 10.7 Å². The number of imidazole rings is 1. The van der Waals surface area contributed by atoms with E-state index in [1.54, 1.807) is 31.9 Å².